The average molecular weight is 224 g/mol. The Balaban J connectivity index is 2.30. The molecule has 0 saturated carbocycles. The van der Waals surface area contributed by atoms with Crippen LogP contribution in [0.3, 0.4) is 0 Å². The van der Waals surface area contributed by atoms with E-state index in [4.69, 9.17) is 5.73 Å². The van der Waals surface area contributed by atoms with Gasteiger partial charge in [-0.05, 0) is 12.5 Å². The van der Waals surface area contributed by atoms with Crippen LogP contribution in [0.1, 0.15) is 5.69 Å². The second kappa shape index (κ2) is 3.59. The summed E-state index contributed by atoms with van der Waals surface area (Å²) in [6.07, 6.45) is 3.50. The molecule has 0 bridgehead atoms. The summed E-state index contributed by atoms with van der Waals surface area (Å²) in [4.78, 5) is 4.35. The van der Waals surface area contributed by atoms with Crippen molar-refractivity contribution < 1.29 is 0 Å². The lowest BCUT2D eigenvalue weighted by Gasteiger charge is -2.03. The lowest BCUT2D eigenvalue weighted by molar-refractivity contribution is 0.899. The van der Waals surface area contributed by atoms with Crippen LogP contribution in [0.15, 0.2) is 42.7 Å². The monoisotopic (exact) mass is 224 g/mol. The largest absolute Gasteiger partial charge is 0.396 e. The van der Waals surface area contributed by atoms with Crippen molar-refractivity contribution in [1.29, 1.82) is 0 Å². The second-order valence-electron chi connectivity index (χ2n) is 3.96. The van der Waals surface area contributed by atoms with E-state index in [-0.39, 0.29) is 0 Å². The first-order chi connectivity index (χ1) is 8.27. The summed E-state index contributed by atoms with van der Waals surface area (Å²) in [5.41, 5.74) is 10.3. The lowest BCUT2D eigenvalue weighted by Crippen LogP contribution is -2.00. The van der Waals surface area contributed by atoms with E-state index in [1.807, 2.05) is 43.5 Å². The van der Waals surface area contributed by atoms with Crippen LogP contribution in [0.5, 0.6) is 0 Å². The number of rotatable bonds is 1. The third-order valence-corrected chi connectivity index (χ3v) is 2.89. The SMILES string of the molecule is Cc1c(N)cnc2c(-c3ccccc3)cnn12. The fourth-order valence-electron chi connectivity index (χ4n) is 1.88. The minimum absolute atomic E-state index is 0.653. The van der Waals surface area contributed by atoms with Crippen molar-refractivity contribution in [3.05, 3.63) is 48.4 Å². The molecule has 0 saturated heterocycles. The van der Waals surface area contributed by atoms with Crippen LogP contribution in [0.25, 0.3) is 16.8 Å². The van der Waals surface area contributed by atoms with Crippen LogP contribution in [0.4, 0.5) is 5.69 Å². The molecule has 1 aromatic carbocycles. The van der Waals surface area contributed by atoms with E-state index in [2.05, 4.69) is 10.1 Å². The Labute approximate surface area is 98.7 Å². The van der Waals surface area contributed by atoms with Crippen LogP contribution in [0.2, 0.25) is 0 Å². The van der Waals surface area contributed by atoms with Gasteiger partial charge in [0.15, 0.2) is 5.65 Å². The summed E-state index contributed by atoms with van der Waals surface area (Å²) in [6.45, 7) is 1.94. The van der Waals surface area contributed by atoms with Crippen LogP contribution in [0, 0.1) is 6.92 Å². The highest BCUT2D eigenvalue weighted by Crippen LogP contribution is 2.24. The van der Waals surface area contributed by atoms with E-state index < -0.39 is 0 Å². The molecular formula is C13H12N4. The number of anilines is 1. The zero-order valence-electron chi connectivity index (χ0n) is 9.46. The van der Waals surface area contributed by atoms with Crippen molar-refractivity contribution in [3.63, 3.8) is 0 Å². The summed E-state index contributed by atoms with van der Waals surface area (Å²) in [5.74, 6) is 0. The maximum absolute atomic E-state index is 5.81. The van der Waals surface area contributed by atoms with Crippen LogP contribution < -0.4 is 5.73 Å². The summed E-state index contributed by atoms with van der Waals surface area (Å²) in [5, 5.41) is 4.33. The Morgan fingerprint density at radius 3 is 2.65 bits per heavy atom. The van der Waals surface area contributed by atoms with Gasteiger partial charge in [0.25, 0.3) is 0 Å². The molecule has 0 unspecified atom stereocenters. The molecule has 0 aliphatic rings. The highest BCUT2D eigenvalue weighted by atomic mass is 15.3. The Bertz CT molecular complexity index is 670. The predicted molar refractivity (Wildman–Crippen MR) is 67.6 cm³/mol. The van der Waals surface area contributed by atoms with Gasteiger partial charge in [-0.2, -0.15) is 5.10 Å². The first kappa shape index (κ1) is 9.84. The molecule has 2 heterocycles. The fraction of sp³-hybridized carbons (Fsp3) is 0.0769. The van der Waals surface area contributed by atoms with Crippen molar-refractivity contribution in [2.75, 3.05) is 5.73 Å². The van der Waals surface area contributed by atoms with Crippen LogP contribution >= 0.6 is 0 Å². The molecule has 2 N–H and O–H groups in total. The minimum Gasteiger partial charge on any atom is -0.396 e. The summed E-state index contributed by atoms with van der Waals surface area (Å²) in [6, 6.07) is 10.1. The molecule has 0 aliphatic carbocycles. The van der Waals surface area contributed by atoms with Gasteiger partial charge < -0.3 is 5.73 Å². The predicted octanol–water partition coefficient (Wildman–Crippen LogP) is 2.29. The molecule has 0 fully saturated rings. The van der Waals surface area contributed by atoms with Crippen LogP contribution in [-0.2, 0) is 0 Å². The van der Waals surface area contributed by atoms with E-state index in [1.165, 1.54) is 0 Å². The highest BCUT2D eigenvalue weighted by Gasteiger charge is 2.09. The molecule has 4 nitrogen and oxygen atoms in total. The highest BCUT2D eigenvalue weighted by molar-refractivity contribution is 5.77. The summed E-state index contributed by atoms with van der Waals surface area (Å²) >= 11 is 0. The van der Waals surface area contributed by atoms with Gasteiger partial charge in [-0.15, -0.1) is 0 Å². The van der Waals surface area contributed by atoms with E-state index in [0.717, 1.165) is 22.5 Å². The van der Waals surface area contributed by atoms with E-state index in [1.54, 1.807) is 10.7 Å². The number of aryl methyl sites for hydroxylation is 1. The Morgan fingerprint density at radius 2 is 1.88 bits per heavy atom. The Morgan fingerprint density at radius 1 is 1.12 bits per heavy atom. The first-order valence-electron chi connectivity index (χ1n) is 5.41. The number of aromatic nitrogens is 3. The van der Waals surface area contributed by atoms with Gasteiger partial charge in [-0.3, -0.25) is 0 Å². The molecule has 2 aromatic heterocycles. The van der Waals surface area contributed by atoms with Gasteiger partial charge in [-0.1, -0.05) is 30.3 Å². The summed E-state index contributed by atoms with van der Waals surface area (Å²) in [7, 11) is 0. The number of hydrogen-bond acceptors (Lipinski definition) is 3. The maximum atomic E-state index is 5.81. The smallest absolute Gasteiger partial charge is 0.163 e. The molecule has 0 spiro atoms. The maximum Gasteiger partial charge on any atom is 0.163 e. The Kier molecular flexibility index (Phi) is 2.08. The minimum atomic E-state index is 0.653. The molecule has 0 amide bonds. The third kappa shape index (κ3) is 1.45. The number of fused-ring (bicyclic) bond motifs is 1. The Hall–Kier alpha value is -2.36. The number of nitrogen functional groups attached to an aromatic ring is 1. The molecular weight excluding hydrogens is 212 g/mol. The van der Waals surface area contributed by atoms with Gasteiger partial charge in [0.2, 0.25) is 0 Å². The number of nitrogens with two attached hydrogens (primary N) is 1. The third-order valence-electron chi connectivity index (χ3n) is 2.89. The van der Waals surface area contributed by atoms with E-state index in [0.29, 0.717) is 5.69 Å². The molecule has 3 aromatic rings. The molecule has 0 atom stereocenters. The molecule has 3 rings (SSSR count). The van der Waals surface area contributed by atoms with E-state index >= 15 is 0 Å². The van der Waals surface area contributed by atoms with Gasteiger partial charge in [0.05, 0.1) is 23.8 Å². The molecule has 4 heteroatoms. The number of hydrogen-bond donors (Lipinski definition) is 1. The average Bonchev–Trinajstić information content (AvgIpc) is 2.79. The zero-order chi connectivity index (χ0) is 11.8. The van der Waals surface area contributed by atoms with Gasteiger partial charge in [0.1, 0.15) is 0 Å². The van der Waals surface area contributed by atoms with Crippen molar-refractivity contribution in [2.45, 2.75) is 6.92 Å². The topological polar surface area (TPSA) is 56.2 Å². The van der Waals surface area contributed by atoms with Crippen molar-refractivity contribution in [1.82, 2.24) is 14.6 Å². The van der Waals surface area contributed by atoms with Crippen molar-refractivity contribution >= 4 is 11.3 Å². The normalized spacial score (nSPS) is 10.9. The van der Waals surface area contributed by atoms with Gasteiger partial charge in [-0.25, -0.2) is 9.50 Å². The number of nitrogens with zero attached hydrogens (tertiary/aromatic N) is 3. The quantitative estimate of drug-likeness (QED) is 0.690. The van der Waals surface area contributed by atoms with E-state index in [9.17, 15) is 0 Å². The first-order valence-corrected chi connectivity index (χ1v) is 5.41. The summed E-state index contributed by atoms with van der Waals surface area (Å²) < 4.78 is 1.78. The molecule has 84 valence electrons. The second-order valence-corrected chi connectivity index (χ2v) is 3.96. The van der Waals surface area contributed by atoms with Crippen LogP contribution in [-0.4, -0.2) is 14.6 Å². The zero-order valence-corrected chi connectivity index (χ0v) is 9.46. The van der Waals surface area contributed by atoms with Crippen molar-refractivity contribution in [2.24, 2.45) is 0 Å². The molecule has 0 aliphatic heterocycles. The number of benzene rings is 1. The van der Waals surface area contributed by atoms with Gasteiger partial charge >= 0.3 is 0 Å². The lowest BCUT2D eigenvalue weighted by atomic mass is 10.1. The standard InChI is InChI=1S/C13H12N4/c1-9-12(14)8-15-13-11(7-16-17(9)13)10-5-3-2-4-6-10/h2-8H,14H2,1H3. The van der Waals surface area contributed by atoms with Gasteiger partial charge in [0, 0.05) is 5.56 Å². The molecule has 0 radical (unpaired) electrons. The molecule has 17 heavy (non-hydrogen) atoms. The van der Waals surface area contributed by atoms with Crippen molar-refractivity contribution in [3.8, 4) is 11.1 Å². The fourth-order valence-corrected chi connectivity index (χ4v) is 1.88.